The zero-order valence-electron chi connectivity index (χ0n) is 9.74. The standard InChI is InChI=1S/C12H21NO3/c14-11(15)12(6-2-1-3-7-12)16-10-13-8-4-5-9-13/h1-10H2,(H,14,15)/p-1. The molecule has 2 rings (SSSR count). The molecule has 0 unspecified atom stereocenters. The number of ether oxygens (including phenoxy) is 1. The van der Waals surface area contributed by atoms with Gasteiger partial charge in [0, 0.05) is 13.1 Å². The van der Waals surface area contributed by atoms with E-state index in [9.17, 15) is 9.90 Å². The highest BCUT2D eigenvalue weighted by Crippen LogP contribution is 2.31. The first-order chi connectivity index (χ1) is 7.73. The van der Waals surface area contributed by atoms with Crippen LogP contribution < -0.4 is 5.11 Å². The molecule has 0 aromatic heterocycles. The summed E-state index contributed by atoms with van der Waals surface area (Å²) >= 11 is 0. The van der Waals surface area contributed by atoms with Crippen molar-refractivity contribution in [3.05, 3.63) is 0 Å². The van der Waals surface area contributed by atoms with Crippen LogP contribution >= 0.6 is 0 Å². The van der Waals surface area contributed by atoms with Gasteiger partial charge < -0.3 is 14.6 Å². The molecular formula is C12H20NO3-. The normalized spacial score (nSPS) is 25.8. The van der Waals surface area contributed by atoms with Gasteiger partial charge in [-0.3, -0.25) is 4.90 Å². The van der Waals surface area contributed by atoms with Gasteiger partial charge in [0.05, 0.1) is 5.97 Å². The van der Waals surface area contributed by atoms with Gasteiger partial charge in [0.1, 0.15) is 12.3 Å². The summed E-state index contributed by atoms with van der Waals surface area (Å²) in [5.74, 6) is -1.02. The molecule has 0 amide bonds. The predicted octanol–water partition coefficient (Wildman–Crippen LogP) is 0.509. The molecule has 4 heteroatoms. The first-order valence-electron chi connectivity index (χ1n) is 6.31. The summed E-state index contributed by atoms with van der Waals surface area (Å²) in [6.07, 6.45) is 6.61. The fourth-order valence-corrected chi connectivity index (χ4v) is 2.66. The maximum absolute atomic E-state index is 11.2. The third-order valence-corrected chi connectivity index (χ3v) is 3.76. The molecule has 2 aliphatic rings. The van der Waals surface area contributed by atoms with Crippen molar-refractivity contribution in [2.75, 3.05) is 19.8 Å². The Morgan fingerprint density at radius 2 is 1.75 bits per heavy atom. The number of carbonyl (C=O) groups excluding carboxylic acids is 1. The molecule has 1 aliphatic carbocycles. The van der Waals surface area contributed by atoms with Gasteiger partial charge in [0.15, 0.2) is 0 Å². The Morgan fingerprint density at radius 1 is 1.12 bits per heavy atom. The Hall–Kier alpha value is -0.610. The van der Waals surface area contributed by atoms with Crippen molar-refractivity contribution in [1.29, 1.82) is 0 Å². The number of hydrogen-bond acceptors (Lipinski definition) is 4. The molecule has 1 heterocycles. The molecule has 0 N–H and O–H groups in total. The SMILES string of the molecule is O=C([O-])C1(OCN2CCCC2)CCCCC1. The summed E-state index contributed by atoms with van der Waals surface area (Å²) in [5.41, 5.74) is -0.999. The lowest BCUT2D eigenvalue weighted by atomic mass is 9.85. The number of carboxylic acid groups (broad SMARTS) is 1. The zero-order valence-corrected chi connectivity index (χ0v) is 9.74. The summed E-state index contributed by atoms with van der Waals surface area (Å²) in [7, 11) is 0. The van der Waals surface area contributed by atoms with Gasteiger partial charge in [-0.15, -0.1) is 0 Å². The summed E-state index contributed by atoms with van der Waals surface area (Å²) in [6.45, 7) is 2.51. The van der Waals surface area contributed by atoms with Crippen molar-refractivity contribution in [1.82, 2.24) is 4.90 Å². The second-order valence-electron chi connectivity index (χ2n) is 4.94. The molecule has 0 bridgehead atoms. The maximum atomic E-state index is 11.2. The number of aliphatic carboxylic acids is 1. The number of carboxylic acids is 1. The van der Waals surface area contributed by atoms with Crippen LogP contribution in [0.15, 0.2) is 0 Å². The molecule has 0 aromatic carbocycles. The number of likely N-dealkylation sites (tertiary alicyclic amines) is 1. The maximum Gasteiger partial charge on any atom is 0.109 e. The van der Waals surface area contributed by atoms with Crippen LogP contribution in [0.4, 0.5) is 0 Å². The van der Waals surface area contributed by atoms with Crippen LogP contribution in [-0.2, 0) is 9.53 Å². The third kappa shape index (κ3) is 2.55. The molecule has 1 saturated carbocycles. The van der Waals surface area contributed by atoms with E-state index in [4.69, 9.17) is 4.74 Å². The summed E-state index contributed by atoms with van der Waals surface area (Å²) in [6, 6.07) is 0. The van der Waals surface area contributed by atoms with Crippen LogP contribution in [-0.4, -0.2) is 36.3 Å². The highest BCUT2D eigenvalue weighted by Gasteiger charge is 2.35. The molecule has 1 aliphatic heterocycles. The lowest BCUT2D eigenvalue weighted by Gasteiger charge is -2.39. The first-order valence-corrected chi connectivity index (χ1v) is 6.31. The van der Waals surface area contributed by atoms with Gasteiger partial charge in [0.2, 0.25) is 0 Å². The topological polar surface area (TPSA) is 52.6 Å². The zero-order chi connectivity index (χ0) is 11.4. The van der Waals surface area contributed by atoms with E-state index in [1.165, 1.54) is 12.8 Å². The smallest absolute Gasteiger partial charge is 0.109 e. The van der Waals surface area contributed by atoms with Crippen LogP contribution in [0.3, 0.4) is 0 Å². The van der Waals surface area contributed by atoms with E-state index in [-0.39, 0.29) is 0 Å². The fourth-order valence-electron chi connectivity index (χ4n) is 2.66. The molecule has 16 heavy (non-hydrogen) atoms. The molecule has 0 radical (unpaired) electrons. The Labute approximate surface area is 96.6 Å². The van der Waals surface area contributed by atoms with Crippen LogP contribution in [0.5, 0.6) is 0 Å². The molecular weight excluding hydrogens is 206 g/mol. The molecule has 0 atom stereocenters. The van der Waals surface area contributed by atoms with E-state index >= 15 is 0 Å². The Balaban J connectivity index is 1.88. The van der Waals surface area contributed by atoms with E-state index in [0.29, 0.717) is 19.6 Å². The molecule has 0 aromatic rings. The van der Waals surface area contributed by atoms with E-state index in [1.807, 2.05) is 0 Å². The van der Waals surface area contributed by atoms with Crippen molar-refractivity contribution >= 4 is 5.97 Å². The minimum Gasteiger partial charge on any atom is -0.547 e. The number of nitrogens with zero attached hydrogens (tertiary/aromatic N) is 1. The highest BCUT2D eigenvalue weighted by molar-refractivity contribution is 5.75. The summed E-state index contributed by atoms with van der Waals surface area (Å²) < 4.78 is 5.68. The van der Waals surface area contributed by atoms with Gasteiger partial charge in [-0.2, -0.15) is 0 Å². The van der Waals surface area contributed by atoms with Gasteiger partial charge in [-0.05, 0) is 25.7 Å². The lowest BCUT2D eigenvalue weighted by Crippen LogP contribution is -2.52. The quantitative estimate of drug-likeness (QED) is 0.701. The van der Waals surface area contributed by atoms with Crippen LogP contribution in [0.25, 0.3) is 0 Å². The number of hydrogen-bond donors (Lipinski definition) is 0. The molecule has 1 saturated heterocycles. The van der Waals surface area contributed by atoms with Gasteiger partial charge >= 0.3 is 0 Å². The predicted molar refractivity (Wildman–Crippen MR) is 57.6 cm³/mol. The second-order valence-corrected chi connectivity index (χ2v) is 4.94. The van der Waals surface area contributed by atoms with Crippen LogP contribution in [0.1, 0.15) is 44.9 Å². The van der Waals surface area contributed by atoms with E-state index < -0.39 is 11.6 Å². The Bertz CT molecular complexity index is 243. The van der Waals surface area contributed by atoms with Gasteiger partial charge in [-0.25, -0.2) is 0 Å². The third-order valence-electron chi connectivity index (χ3n) is 3.76. The minimum atomic E-state index is -1.02. The van der Waals surface area contributed by atoms with E-state index in [0.717, 1.165) is 32.4 Å². The van der Waals surface area contributed by atoms with Gasteiger partial charge in [0.25, 0.3) is 0 Å². The molecule has 0 spiro atoms. The van der Waals surface area contributed by atoms with Crippen molar-refractivity contribution in [2.45, 2.75) is 50.5 Å². The fraction of sp³-hybridized carbons (Fsp3) is 0.917. The molecule has 4 nitrogen and oxygen atoms in total. The van der Waals surface area contributed by atoms with Crippen molar-refractivity contribution in [3.8, 4) is 0 Å². The average Bonchev–Trinajstić information content (AvgIpc) is 2.80. The van der Waals surface area contributed by atoms with Crippen molar-refractivity contribution in [2.24, 2.45) is 0 Å². The van der Waals surface area contributed by atoms with Crippen molar-refractivity contribution in [3.63, 3.8) is 0 Å². The Kier molecular flexibility index (Phi) is 3.82. The summed E-state index contributed by atoms with van der Waals surface area (Å²) in [4.78, 5) is 13.4. The monoisotopic (exact) mass is 226 g/mol. The van der Waals surface area contributed by atoms with E-state index in [1.54, 1.807) is 0 Å². The van der Waals surface area contributed by atoms with Crippen molar-refractivity contribution < 1.29 is 14.6 Å². The Morgan fingerprint density at radius 3 is 2.31 bits per heavy atom. The minimum absolute atomic E-state index is 0.452. The first kappa shape index (κ1) is 11.9. The molecule has 92 valence electrons. The second kappa shape index (κ2) is 5.15. The number of carbonyl (C=O) groups is 1. The average molecular weight is 226 g/mol. The number of rotatable bonds is 4. The molecule has 2 fully saturated rings. The van der Waals surface area contributed by atoms with Crippen LogP contribution in [0.2, 0.25) is 0 Å². The van der Waals surface area contributed by atoms with Gasteiger partial charge in [-0.1, -0.05) is 19.3 Å². The lowest BCUT2D eigenvalue weighted by molar-refractivity contribution is -0.331. The largest absolute Gasteiger partial charge is 0.547 e. The summed E-state index contributed by atoms with van der Waals surface area (Å²) in [5, 5.41) is 11.2. The highest BCUT2D eigenvalue weighted by atomic mass is 16.5. The van der Waals surface area contributed by atoms with E-state index in [2.05, 4.69) is 4.90 Å². The van der Waals surface area contributed by atoms with Crippen LogP contribution in [0, 0.1) is 0 Å².